The lowest BCUT2D eigenvalue weighted by Gasteiger charge is -2.08. The average molecular weight is 462 g/mol. The minimum Gasteiger partial charge on any atom is -0.309 e. The van der Waals surface area contributed by atoms with Crippen molar-refractivity contribution in [3.05, 3.63) is 116 Å². The highest BCUT2D eigenvalue weighted by atomic mass is 15.2. The van der Waals surface area contributed by atoms with Gasteiger partial charge >= 0.3 is 0 Å². The Morgan fingerprint density at radius 1 is 0.472 bits per heavy atom. The minimum atomic E-state index is 0.618. The van der Waals surface area contributed by atoms with Crippen molar-refractivity contribution in [1.29, 1.82) is 0 Å². The summed E-state index contributed by atoms with van der Waals surface area (Å²) in [6, 6.07) is 36.8. The molecule has 8 aromatic rings. The van der Waals surface area contributed by atoms with Gasteiger partial charge in [-0.25, -0.2) is 15.0 Å². The standard InChI is InChI=1S/C31H19N5/c1-2-9-21(10-3-1)35-27-15-14-20-8-4-5-11-22(20)30(27)25-17-28-24(16-29(25)35)23-12-6-7-13-26(23)36(28)31-33-18-32-19-34-31/h1-19H. The van der Waals surface area contributed by atoms with Gasteiger partial charge in [0.15, 0.2) is 0 Å². The molecule has 5 nitrogen and oxygen atoms in total. The summed E-state index contributed by atoms with van der Waals surface area (Å²) in [6.07, 6.45) is 3.10. The number of fused-ring (bicyclic) bond motifs is 8. The van der Waals surface area contributed by atoms with Gasteiger partial charge in [0.25, 0.3) is 0 Å². The predicted molar refractivity (Wildman–Crippen MR) is 146 cm³/mol. The summed E-state index contributed by atoms with van der Waals surface area (Å²) in [6.45, 7) is 0. The molecule has 168 valence electrons. The van der Waals surface area contributed by atoms with E-state index in [1.54, 1.807) is 12.7 Å². The molecule has 0 aliphatic heterocycles. The molecule has 3 aromatic heterocycles. The van der Waals surface area contributed by atoms with Gasteiger partial charge in [0.1, 0.15) is 12.7 Å². The van der Waals surface area contributed by atoms with Crippen LogP contribution in [0.3, 0.4) is 0 Å². The summed E-state index contributed by atoms with van der Waals surface area (Å²) >= 11 is 0. The molecule has 0 amide bonds. The lowest BCUT2D eigenvalue weighted by atomic mass is 10.0. The van der Waals surface area contributed by atoms with Crippen molar-refractivity contribution in [2.75, 3.05) is 0 Å². The van der Waals surface area contributed by atoms with E-state index in [1.807, 2.05) is 0 Å². The van der Waals surface area contributed by atoms with E-state index < -0.39 is 0 Å². The van der Waals surface area contributed by atoms with Gasteiger partial charge in [0, 0.05) is 27.2 Å². The van der Waals surface area contributed by atoms with Gasteiger partial charge in [-0.1, -0.05) is 66.7 Å². The fourth-order valence-electron chi connectivity index (χ4n) is 5.67. The topological polar surface area (TPSA) is 48.5 Å². The maximum atomic E-state index is 4.50. The average Bonchev–Trinajstić information content (AvgIpc) is 3.45. The second-order valence-electron chi connectivity index (χ2n) is 9.03. The van der Waals surface area contributed by atoms with Gasteiger partial charge in [0.2, 0.25) is 5.95 Å². The normalized spacial score (nSPS) is 11.9. The Labute approximate surface area is 205 Å². The van der Waals surface area contributed by atoms with Crippen LogP contribution in [0.2, 0.25) is 0 Å². The number of para-hydroxylation sites is 2. The largest absolute Gasteiger partial charge is 0.309 e. The van der Waals surface area contributed by atoms with Crippen LogP contribution in [0, 0.1) is 0 Å². The number of nitrogens with zero attached hydrogens (tertiary/aromatic N) is 5. The maximum absolute atomic E-state index is 4.50. The van der Waals surface area contributed by atoms with Gasteiger partial charge in [-0.05, 0) is 47.2 Å². The van der Waals surface area contributed by atoms with Gasteiger partial charge < -0.3 is 4.57 Å². The second kappa shape index (κ2) is 7.23. The third kappa shape index (κ3) is 2.57. The number of benzene rings is 5. The number of rotatable bonds is 2. The van der Waals surface area contributed by atoms with Crippen LogP contribution in [0.1, 0.15) is 0 Å². The Morgan fingerprint density at radius 2 is 1.17 bits per heavy atom. The van der Waals surface area contributed by atoms with Crippen molar-refractivity contribution in [1.82, 2.24) is 24.1 Å². The molecule has 0 bridgehead atoms. The van der Waals surface area contributed by atoms with Crippen molar-refractivity contribution in [3.63, 3.8) is 0 Å². The molecule has 0 N–H and O–H groups in total. The Hall–Kier alpha value is -5.03. The Kier molecular flexibility index (Phi) is 3.88. The number of hydrogen-bond donors (Lipinski definition) is 0. The molecule has 0 spiro atoms. The Morgan fingerprint density at radius 3 is 2.03 bits per heavy atom. The van der Waals surface area contributed by atoms with Crippen molar-refractivity contribution in [2.24, 2.45) is 0 Å². The molecule has 0 unspecified atom stereocenters. The van der Waals surface area contributed by atoms with Gasteiger partial charge in [-0.2, -0.15) is 0 Å². The summed E-state index contributed by atoms with van der Waals surface area (Å²) in [5, 5.41) is 7.27. The molecule has 8 rings (SSSR count). The molecule has 5 aromatic carbocycles. The molecule has 0 fully saturated rings. The maximum Gasteiger partial charge on any atom is 0.237 e. The van der Waals surface area contributed by atoms with E-state index in [4.69, 9.17) is 0 Å². The van der Waals surface area contributed by atoms with Gasteiger partial charge in [-0.3, -0.25) is 4.57 Å². The van der Waals surface area contributed by atoms with E-state index in [0.717, 1.165) is 16.7 Å². The van der Waals surface area contributed by atoms with Crippen LogP contribution in [0.5, 0.6) is 0 Å². The van der Waals surface area contributed by atoms with Crippen molar-refractivity contribution in [3.8, 4) is 11.6 Å². The minimum absolute atomic E-state index is 0.618. The highest BCUT2D eigenvalue weighted by Gasteiger charge is 2.20. The zero-order valence-electron chi connectivity index (χ0n) is 19.2. The van der Waals surface area contributed by atoms with Gasteiger partial charge in [-0.15, -0.1) is 0 Å². The molecule has 0 atom stereocenters. The van der Waals surface area contributed by atoms with Crippen LogP contribution in [0.15, 0.2) is 116 Å². The molecular formula is C31H19N5. The van der Waals surface area contributed by atoms with Crippen molar-refractivity contribution < 1.29 is 0 Å². The first-order valence-electron chi connectivity index (χ1n) is 12.0. The first-order valence-corrected chi connectivity index (χ1v) is 12.0. The summed E-state index contributed by atoms with van der Waals surface area (Å²) in [7, 11) is 0. The Balaban J connectivity index is 1.64. The van der Waals surface area contributed by atoms with E-state index in [0.29, 0.717) is 5.95 Å². The molecule has 3 heterocycles. The van der Waals surface area contributed by atoms with Crippen molar-refractivity contribution in [2.45, 2.75) is 0 Å². The molecule has 0 radical (unpaired) electrons. The molecule has 0 aliphatic rings. The quantitative estimate of drug-likeness (QED) is 0.273. The highest BCUT2D eigenvalue weighted by molar-refractivity contribution is 6.25. The number of aromatic nitrogens is 5. The molecule has 5 heteroatoms. The zero-order chi connectivity index (χ0) is 23.6. The molecule has 0 aliphatic carbocycles. The second-order valence-corrected chi connectivity index (χ2v) is 9.03. The van der Waals surface area contributed by atoms with E-state index in [1.165, 1.54) is 43.4 Å². The summed E-state index contributed by atoms with van der Waals surface area (Å²) < 4.78 is 4.52. The lowest BCUT2D eigenvalue weighted by Crippen LogP contribution is -2.00. The van der Waals surface area contributed by atoms with Crippen LogP contribution in [0.25, 0.3) is 66.0 Å². The number of hydrogen-bond acceptors (Lipinski definition) is 3. The van der Waals surface area contributed by atoms with Crippen LogP contribution >= 0.6 is 0 Å². The molecular weight excluding hydrogens is 442 g/mol. The predicted octanol–water partition coefficient (Wildman–Crippen LogP) is 7.22. The third-order valence-corrected chi connectivity index (χ3v) is 7.14. The monoisotopic (exact) mass is 461 g/mol. The van der Waals surface area contributed by atoms with Crippen LogP contribution in [-0.4, -0.2) is 24.1 Å². The summed E-state index contributed by atoms with van der Waals surface area (Å²) in [5.41, 5.74) is 5.67. The Bertz CT molecular complexity index is 2090. The zero-order valence-corrected chi connectivity index (χ0v) is 19.2. The van der Waals surface area contributed by atoms with Crippen LogP contribution in [0.4, 0.5) is 0 Å². The van der Waals surface area contributed by atoms with E-state index >= 15 is 0 Å². The highest BCUT2D eigenvalue weighted by Crippen LogP contribution is 2.41. The van der Waals surface area contributed by atoms with Crippen molar-refractivity contribution >= 4 is 54.4 Å². The van der Waals surface area contributed by atoms with Crippen LogP contribution < -0.4 is 0 Å². The first kappa shape index (κ1) is 19.3. The smallest absolute Gasteiger partial charge is 0.237 e. The fourth-order valence-corrected chi connectivity index (χ4v) is 5.67. The SMILES string of the molecule is c1ccc(-n2c3cc4c5ccccc5n(-c5ncncn5)c4cc3c3c4ccccc4ccc32)cc1. The molecule has 0 saturated carbocycles. The fraction of sp³-hybridized carbons (Fsp3) is 0. The van der Waals surface area contributed by atoms with Crippen LogP contribution in [-0.2, 0) is 0 Å². The molecule has 36 heavy (non-hydrogen) atoms. The lowest BCUT2D eigenvalue weighted by molar-refractivity contribution is 0.940. The molecule has 0 saturated heterocycles. The van der Waals surface area contributed by atoms with Gasteiger partial charge in [0.05, 0.1) is 22.1 Å². The third-order valence-electron chi connectivity index (χ3n) is 7.14. The summed E-state index contributed by atoms with van der Waals surface area (Å²) in [4.78, 5) is 13.0. The van der Waals surface area contributed by atoms with E-state index in [2.05, 4.69) is 127 Å². The first-order chi connectivity index (χ1) is 17.9. The summed E-state index contributed by atoms with van der Waals surface area (Å²) in [5.74, 6) is 0.618. The van der Waals surface area contributed by atoms with E-state index in [-0.39, 0.29) is 0 Å². The van der Waals surface area contributed by atoms with E-state index in [9.17, 15) is 0 Å².